The van der Waals surface area contributed by atoms with Crippen molar-refractivity contribution in [2.45, 2.75) is 18.4 Å². The number of phenols is 1. The van der Waals surface area contributed by atoms with E-state index in [-0.39, 0.29) is 11.3 Å². The van der Waals surface area contributed by atoms with Gasteiger partial charge in [-0.2, -0.15) is 5.10 Å². The van der Waals surface area contributed by atoms with Gasteiger partial charge in [0.05, 0.1) is 18.8 Å². The molecule has 2 heterocycles. The van der Waals surface area contributed by atoms with Crippen LogP contribution in [0.15, 0.2) is 30.5 Å². The number of halogens is 3. The molecule has 106 valence electrons. The van der Waals surface area contributed by atoms with Gasteiger partial charge in [0.2, 0.25) is 0 Å². The molecule has 0 aliphatic carbocycles. The fourth-order valence-corrected chi connectivity index (χ4v) is 2.55. The number of alkyl halides is 2. The third-order valence-electron chi connectivity index (χ3n) is 3.41. The zero-order valence-electron chi connectivity index (χ0n) is 10.4. The molecule has 1 fully saturated rings. The molecule has 1 atom stereocenters. The first-order valence-electron chi connectivity index (χ1n) is 6.08. The lowest BCUT2D eigenvalue weighted by atomic mass is 10.0. The number of hydrogen-bond donors (Lipinski definition) is 2. The number of anilines is 1. The SMILES string of the molecule is Oc1ccc(F)cc1C1CC(F)(F)CN1c1ccn[nH]1. The van der Waals surface area contributed by atoms with E-state index in [4.69, 9.17) is 0 Å². The number of benzene rings is 1. The van der Waals surface area contributed by atoms with E-state index >= 15 is 0 Å². The highest BCUT2D eigenvalue weighted by Crippen LogP contribution is 2.45. The Morgan fingerprint density at radius 2 is 2.15 bits per heavy atom. The van der Waals surface area contributed by atoms with Crippen LogP contribution in [0.1, 0.15) is 18.0 Å². The summed E-state index contributed by atoms with van der Waals surface area (Å²) in [6, 6.07) is 4.11. The summed E-state index contributed by atoms with van der Waals surface area (Å²) in [7, 11) is 0. The second-order valence-corrected chi connectivity index (χ2v) is 4.85. The maximum absolute atomic E-state index is 13.7. The number of hydrogen-bond acceptors (Lipinski definition) is 3. The van der Waals surface area contributed by atoms with E-state index < -0.39 is 30.7 Å². The van der Waals surface area contributed by atoms with Gasteiger partial charge in [0.15, 0.2) is 0 Å². The summed E-state index contributed by atoms with van der Waals surface area (Å²) in [5, 5.41) is 16.2. The Kier molecular flexibility index (Phi) is 2.84. The molecule has 4 nitrogen and oxygen atoms in total. The quantitative estimate of drug-likeness (QED) is 0.891. The molecular formula is C13H12F3N3O. The van der Waals surface area contributed by atoms with E-state index in [1.54, 1.807) is 6.07 Å². The van der Waals surface area contributed by atoms with E-state index in [0.29, 0.717) is 5.82 Å². The fourth-order valence-electron chi connectivity index (χ4n) is 2.55. The normalized spacial score (nSPS) is 21.4. The van der Waals surface area contributed by atoms with E-state index in [0.717, 1.165) is 12.1 Å². The minimum Gasteiger partial charge on any atom is -0.508 e. The Morgan fingerprint density at radius 1 is 1.35 bits per heavy atom. The van der Waals surface area contributed by atoms with Crippen LogP contribution >= 0.6 is 0 Å². The first-order chi connectivity index (χ1) is 9.46. The number of nitrogens with zero attached hydrogens (tertiary/aromatic N) is 2. The van der Waals surface area contributed by atoms with E-state index in [9.17, 15) is 18.3 Å². The zero-order valence-corrected chi connectivity index (χ0v) is 10.4. The summed E-state index contributed by atoms with van der Waals surface area (Å²) in [5.41, 5.74) is 0.150. The van der Waals surface area contributed by atoms with Crippen LogP contribution in [0.4, 0.5) is 19.0 Å². The van der Waals surface area contributed by atoms with Gasteiger partial charge in [-0.25, -0.2) is 13.2 Å². The van der Waals surface area contributed by atoms with E-state index in [2.05, 4.69) is 10.2 Å². The van der Waals surface area contributed by atoms with Crippen molar-refractivity contribution in [3.05, 3.63) is 41.8 Å². The Morgan fingerprint density at radius 3 is 2.85 bits per heavy atom. The Balaban J connectivity index is 2.03. The standard InChI is InChI=1S/C13H12F3N3O/c14-8-1-2-11(20)9(5-8)10-6-13(15,16)7-19(10)12-3-4-17-18-12/h1-5,10,20H,6-7H2,(H,17,18). The van der Waals surface area contributed by atoms with Crippen LogP contribution in [-0.4, -0.2) is 27.8 Å². The predicted molar refractivity (Wildman–Crippen MR) is 66.3 cm³/mol. The number of aromatic nitrogens is 2. The number of phenolic OH excluding ortho intramolecular Hbond substituents is 1. The van der Waals surface area contributed by atoms with Crippen molar-refractivity contribution in [1.29, 1.82) is 0 Å². The summed E-state index contributed by atoms with van der Waals surface area (Å²) >= 11 is 0. The van der Waals surface area contributed by atoms with Crippen LogP contribution in [0.3, 0.4) is 0 Å². The van der Waals surface area contributed by atoms with Crippen LogP contribution < -0.4 is 4.90 Å². The molecule has 7 heteroatoms. The summed E-state index contributed by atoms with van der Waals surface area (Å²) in [6.45, 7) is -0.504. The molecule has 1 aromatic carbocycles. The number of aromatic hydroxyl groups is 1. The molecule has 1 saturated heterocycles. The smallest absolute Gasteiger partial charge is 0.267 e. The summed E-state index contributed by atoms with van der Waals surface area (Å²) in [4.78, 5) is 1.39. The monoisotopic (exact) mass is 283 g/mol. The largest absolute Gasteiger partial charge is 0.508 e. The molecular weight excluding hydrogens is 271 g/mol. The summed E-state index contributed by atoms with van der Waals surface area (Å²) in [6.07, 6.45) is 0.970. The average molecular weight is 283 g/mol. The number of rotatable bonds is 2. The van der Waals surface area contributed by atoms with Gasteiger partial charge in [-0.1, -0.05) is 0 Å². The third-order valence-corrected chi connectivity index (χ3v) is 3.41. The Hall–Kier alpha value is -2.18. The lowest BCUT2D eigenvalue weighted by molar-refractivity contribution is 0.0222. The van der Waals surface area contributed by atoms with E-state index in [1.165, 1.54) is 17.2 Å². The van der Waals surface area contributed by atoms with Crippen LogP contribution in [0.2, 0.25) is 0 Å². The molecule has 1 aliphatic heterocycles. The van der Waals surface area contributed by atoms with Gasteiger partial charge >= 0.3 is 0 Å². The molecule has 0 radical (unpaired) electrons. The lowest BCUT2D eigenvalue weighted by Gasteiger charge is -2.24. The molecule has 0 saturated carbocycles. The van der Waals surface area contributed by atoms with Crippen molar-refractivity contribution in [3.8, 4) is 5.75 Å². The number of aromatic amines is 1. The fraction of sp³-hybridized carbons (Fsp3) is 0.308. The highest BCUT2D eigenvalue weighted by atomic mass is 19.3. The first kappa shape index (κ1) is 12.8. The van der Waals surface area contributed by atoms with Gasteiger partial charge in [0.25, 0.3) is 5.92 Å². The van der Waals surface area contributed by atoms with Crippen molar-refractivity contribution in [3.63, 3.8) is 0 Å². The topological polar surface area (TPSA) is 52.1 Å². The molecule has 0 spiro atoms. The molecule has 1 unspecified atom stereocenters. The molecule has 0 bridgehead atoms. The van der Waals surface area contributed by atoms with E-state index in [1.807, 2.05) is 0 Å². The van der Waals surface area contributed by atoms with Crippen LogP contribution in [-0.2, 0) is 0 Å². The van der Waals surface area contributed by atoms with Crippen LogP contribution in [0.25, 0.3) is 0 Å². The maximum Gasteiger partial charge on any atom is 0.267 e. The van der Waals surface area contributed by atoms with Gasteiger partial charge in [-0.3, -0.25) is 5.10 Å². The van der Waals surface area contributed by atoms with Crippen molar-refractivity contribution in [2.24, 2.45) is 0 Å². The third kappa shape index (κ3) is 2.19. The maximum atomic E-state index is 13.7. The van der Waals surface area contributed by atoms with Gasteiger partial charge in [-0.15, -0.1) is 0 Å². The Labute approximate surface area is 112 Å². The van der Waals surface area contributed by atoms with Crippen molar-refractivity contribution in [2.75, 3.05) is 11.4 Å². The first-order valence-corrected chi connectivity index (χ1v) is 6.08. The number of nitrogens with one attached hydrogen (secondary N) is 1. The number of H-pyrrole nitrogens is 1. The summed E-state index contributed by atoms with van der Waals surface area (Å²) < 4.78 is 40.7. The van der Waals surface area contributed by atoms with Crippen molar-refractivity contribution in [1.82, 2.24) is 10.2 Å². The average Bonchev–Trinajstić information content (AvgIpc) is 2.99. The van der Waals surface area contributed by atoms with Crippen LogP contribution in [0.5, 0.6) is 5.75 Å². The molecule has 20 heavy (non-hydrogen) atoms. The molecule has 1 aliphatic rings. The molecule has 2 N–H and O–H groups in total. The predicted octanol–water partition coefficient (Wildman–Crippen LogP) is 2.84. The Bertz CT molecular complexity index is 615. The minimum atomic E-state index is -2.91. The van der Waals surface area contributed by atoms with Gasteiger partial charge in [-0.05, 0) is 18.2 Å². The molecule has 3 rings (SSSR count). The van der Waals surface area contributed by atoms with Crippen molar-refractivity contribution < 1.29 is 18.3 Å². The summed E-state index contributed by atoms with van der Waals surface area (Å²) in [5.74, 6) is -3.26. The molecule has 2 aromatic rings. The molecule has 1 aromatic heterocycles. The highest BCUT2D eigenvalue weighted by Gasteiger charge is 2.46. The lowest BCUT2D eigenvalue weighted by Crippen LogP contribution is -2.26. The van der Waals surface area contributed by atoms with Crippen molar-refractivity contribution >= 4 is 5.82 Å². The second kappa shape index (κ2) is 4.43. The van der Waals surface area contributed by atoms with Crippen LogP contribution in [0, 0.1) is 5.82 Å². The van der Waals surface area contributed by atoms with Gasteiger partial charge < -0.3 is 10.0 Å². The zero-order chi connectivity index (χ0) is 14.3. The minimum absolute atomic E-state index is 0.150. The van der Waals surface area contributed by atoms with Gasteiger partial charge in [0.1, 0.15) is 17.4 Å². The van der Waals surface area contributed by atoms with Gasteiger partial charge in [0, 0.05) is 18.1 Å². The molecule has 0 amide bonds. The highest BCUT2D eigenvalue weighted by molar-refractivity contribution is 5.47. The second-order valence-electron chi connectivity index (χ2n) is 4.85.